The van der Waals surface area contributed by atoms with Gasteiger partial charge in [0.25, 0.3) is 11.8 Å². The number of nitrogens with one attached hydrogen (secondary N) is 2. The molecule has 0 atom stereocenters. The van der Waals surface area contributed by atoms with Gasteiger partial charge < -0.3 is 10.6 Å². The number of hydrogen-bond acceptors (Lipinski definition) is 4. The van der Waals surface area contributed by atoms with Crippen molar-refractivity contribution in [2.24, 2.45) is 0 Å². The van der Waals surface area contributed by atoms with Gasteiger partial charge in [-0.15, -0.1) is 0 Å². The van der Waals surface area contributed by atoms with E-state index >= 15 is 0 Å². The van der Waals surface area contributed by atoms with Crippen LogP contribution in [0, 0.1) is 17.1 Å². The number of amides is 2. The fourth-order valence-corrected chi connectivity index (χ4v) is 2.69. The van der Waals surface area contributed by atoms with E-state index in [1.807, 2.05) is 0 Å². The SMILES string of the molecule is N#Cc1cccnc1-c1cccc(C(=O)NCCNC(=O)c2ccc(F)cc2)c1. The van der Waals surface area contributed by atoms with Gasteiger partial charge in [-0.25, -0.2) is 4.39 Å². The third-order valence-corrected chi connectivity index (χ3v) is 4.13. The van der Waals surface area contributed by atoms with E-state index in [4.69, 9.17) is 0 Å². The Kier molecular flexibility index (Phi) is 6.28. The number of pyridine rings is 1. The van der Waals surface area contributed by atoms with E-state index < -0.39 is 5.82 Å². The highest BCUT2D eigenvalue weighted by molar-refractivity contribution is 5.96. The van der Waals surface area contributed by atoms with Crippen molar-refractivity contribution in [2.75, 3.05) is 13.1 Å². The van der Waals surface area contributed by atoms with Gasteiger partial charge in [-0.05, 0) is 48.5 Å². The Morgan fingerprint density at radius 1 is 0.931 bits per heavy atom. The molecule has 0 aliphatic carbocycles. The molecule has 2 N–H and O–H groups in total. The predicted octanol–water partition coefficient (Wildman–Crippen LogP) is 2.92. The van der Waals surface area contributed by atoms with Gasteiger partial charge in [-0.1, -0.05) is 12.1 Å². The molecule has 7 heteroatoms. The molecule has 0 bridgehead atoms. The minimum atomic E-state index is -0.413. The molecular weight excluding hydrogens is 371 g/mol. The van der Waals surface area contributed by atoms with E-state index in [-0.39, 0.29) is 24.9 Å². The van der Waals surface area contributed by atoms with E-state index in [1.54, 1.807) is 42.6 Å². The highest BCUT2D eigenvalue weighted by Gasteiger charge is 2.10. The molecule has 0 spiro atoms. The minimum absolute atomic E-state index is 0.223. The summed E-state index contributed by atoms with van der Waals surface area (Å²) in [5.41, 5.74) is 2.36. The third kappa shape index (κ3) is 5.02. The molecule has 1 heterocycles. The van der Waals surface area contributed by atoms with Crippen molar-refractivity contribution in [3.8, 4) is 17.3 Å². The number of aromatic nitrogens is 1. The van der Waals surface area contributed by atoms with Gasteiger partial charge in [-0.2, -0.15) is 5.26 Å². The third-order valence-electron chi connectivity index (χ3n) is 4.13. The summed E-state index contributed by atoms with van der Waals surface area (Å²) < 4.78 is 12.9. The molecule has 0 aliphatic heterocycles. The van der Waals surface area contributed by atoms with Gasteiger partial charge in [0, 0.05) is 36.0 Å². The Morgan fingerprint density at radius 3 is 2.31 bits per heavy atom. The summed E-state index contributed by atoms with van der Waals surface area (Å²) in [4.78, 5) is 28.6. The summed E-state index contributed by atoms with van der Waals surface area (Å²) in [5.74, 6) is -1.07. The maximum Gasteiger partial charge on any atom is 0.251 e. The van der Waals surface area contributed by atoms with Crippen molar-refractivity contribution in [3.63, 3.8) is 0 Å². The number of nitriles is 1. The maximum absolute atomic E-state index is 12.9. The summed E-state index contributed by atoms with van der Waals surface area (Å²) in [6, 6.07) is 17.5. The molecule has 0 unspecified atom stereocenters. The van der Waals surface area contributed by atoms with Crippen LogP contribution < -0.4 is 10.6 Å². The van der Waals surface area contributed by atoms with Crippen molar-refractivity contribution in [3.05, 3.63) is 89.4 Å². The smallest absolute Gasteiger partial charge is 0.251 e. The van der Waals surface area contributed by atoms with Gasteiger partial charge in [-0.3, -0.25) is 14.6 Å². The Hall–Kier alpha value is -4.05. The lowest BCUT2D eigenvalue weighted by Crippen LogP contribution is -2.34. The minimum Gasteiger partial charge on any atom is -0.350 e. The van der Waals surface area contributed by atoms with Gasteiger partial charge in [0.2, 0.25) is 0 Å². The lowest BCUT2D eigenvalue weighted by molar-refractivity contribution is 0.0927. The molecule has 3 rings (SSSR count). The van der Waals surface area contributed by atoms with E-state index in [2.05, 4.69) is 21.7 Å². The number of benzene rings is 2. The zero-order valence-electron chi connectivity index (χ0n) is 15.4. The van der Waals surface area contributed by atoms with Crippen molar-refractivity contribution < 1.29 is 14.0 Å². The Labute approximate surface area is 167 Å². The van der Waals surface area contributed by atoms with E-state index in [9.17, 15) is 19.2 Å². The average Bonchev–Trinajstić information content (AvgIpc) is 2.77. The van der Waals surface area contributed by atoms with Gasteiger partial charge in [0.05, 0.1) is 11.3 Å². The number of halogens is 1. The van der Waals surface area contributed by atoms with Gasteiger partial charge in [0.1, 0.15) is 11.9 Å². The molecular formula is C22H17FN4O2. The summed E-state index contributed by atoms with van der Waals surface area (Å²) in [7, 11) is 0. The molecule has 0 fully saturated rings. The molecule has 144 valence electrons. The number of carbonyl (C=O) groups excluding carboxylic acids is 2. The van der Waals surface area contributed by atoms with Gasteiger partial charge in [0.15, 0.2) is 0 Å². The summed E-state index contributed by atoms with van der Waals surface area (Å²) in [6.07, 6.45) is 1.59. The summed E-state index contributed by atoms with van der Waals surface area (Å²) >= 11 is 0. The van der Waals surface area contributed by atoms with E-state index in [0.29, 0.717) is 27.9 Å². The summed E-state index contributed by atoms with van der Waals surface area (Å²) in [6.45, 7) is 0.448. The fourth-order valence-electron chi connectivity index (χ4n) is 2.69. The van der Waals surface area contributed by atoms with Crippen LogP contribution in [0.1, 0.15) is 26.3 Å². The molecule has 0 radical (unpaired) electrons. The van der Waals surface area contributed by atoms with Crippen molar-refractivity contribution in [2.45, 2.75) is 0 Å². The molecule has 0 saturated carbocycles. The zero-order valence-corrected chi connectivity index (χ0v) is 15.4. The standard InChI is InChI=1S/C22H17FN4O2/c23-19-8-6-15(7-9-19)21(28)26-11-12-27-22(29)17-4-1-3-16(13-17)20-18(14-24)5-2-10-25-20/h1-10,13H,11-12H2,(H,26,28)(H,27,29). The first-order valence-electron chi connectivity index (χ1n) is 8.86. The predicted molar refractivity (Wildman–Crippen MR) is 105 cm³/mol. The van der Waals surface area contributed by atoms with Crippen molar-refractivity contribution in [1.82, 2.24) is 15.6 Å². The van der Waals surface area contributed by atoms with Crippen LogP contribution in [-0.4, -0.2) is 29.9 Å². The molecule has 2 amide bonds. The number of rotatable bonds is 6. The first kappa shape index (κ1) is 19.7. The van der Waals surface area contributed by atoms with Crippen LogP contribution in [0.2, 0.25) is 0 Å². The largest absolute Gasteiger partial charge is 0.350 e. The summed E-state index contributed by atoms with van der Waals surface area (Å²) in [5, 5.41) is 14.6. The van der Waals surface area contributed by atoms with Crippen LogP contribution in [0.15, 0.2) is 66.9 Å². The van der Waals surface area contributed by atoms with Gasteiger partial charge >= 0.3 is 0 Å². The van der Waals surface area contributed by atoms with E-state index in [0.717, 1.165) is 0 Å². The number of nitrogens with zero attached hydrogens (tertiary/aromatic N) is 2. The second kappa shape index (κ2) is 9.24. The second-order valence-electron chi connectivity index (χ2n) is 6.11. The van der Waals surface area contributed by atoms with E-state index in [1.165, 1.54) is 24.3 Å². The first-order chi connectivity index (χ1) is 14.1. The van der Waals surface area contributed by atoms with Crippen LogP contribution in [0.25, 0.3) is 11.3 Å². The highest BCUT2D eigenvalue weighted by atomic mass is 19.1. The van der Waals surface area contributed by atoms with Crippen LogP contribution in [0.5, 0.6) is 0 Å². The Morgan fingerprint density at radius 2 is 1.62 bits per heavy atom. The Bertz CT molecular complexity index is 1070. The molecule has 0 aliphatic rings. The van der Waals surface area contributed by atoms with Crippen LogP contribution in [0.3, 0.4) is 0 Å². The Balaban J connectivity index is 1.57. The van der Waals surface area contributed by atoms with Crippen LogP contribution in [0.4, 0.5) is 4.39 Å². The molecule has 3 aromatic rings. The van der Waals surface area contributed by atoms with Crippen molar-refractivity contribution >= 4 is 11.8 Å². The molecule has 0 saturated heterocycles. The monoisotopic (exact) mass is 388 g/mol. The highest BCUT2D eigenvalue weighted by Crippen LogP contribution is 2.21. The molecule has 1 aromatic heterocycles. The second-order valence-corrected chi connectivity index (χ2v) is 6.11. The molecule has 2 aromatic carbocycles. The lowest BCUT2D eigenvalue weighted by Gasteiger charge is -2.09. The zero-order chi connectivity index (χ0) is 20.6. The topological polar surface area (TPSA) is 94.9 Å². The van der Waals surface area contributed by atoms with Crippen LogP contribution in [-0.2, 0) is 0 Å². The first-order valence-corrected chi connectivity index (χ1v) is 8.86. The molecule has 6 nitrogen and oxygen atoms in total. The average molecular weight is 388 g/mol. The number of carbonyl (C=O) groups is 2. The van der Waals surface area contributed by atoms with Crippen LogP contribution >= 0.6 is 0 Å². The maximum atomic E-state index is 12.9. The number of hydrogen-bond donors (Lipinski definition) is 2. The van der Waals surface area contributed by atoms with Crippen molar-refractivity contribution in [1.29, 1.82) is 5.26 Å². The lowest BCUT2D eigenvalue weighted by atomic mass is 10.0. The fraction of sp³-hybridized carbons (Fsp3) is 0.0909. The normalized spacial score (nSPS) is 10.1. The molecule has 29 heavy (non-hydrogen) atoms. The quantitative estimate of drug-likeness (QED) is 0.635.